The molecule has 0 fully saturated rings. The van der Waals surface area contributed by atoms with E-state index in [2.05, 4.69) is 0 Å². The van der Waals surface area contributed by atoms with Crippen LogP contribution >= 0.6 is 11.6 Å². The van der Waals surface area contributed by atoms with Crippen LogP contribution in [0.4, 0.5) is 13.2 Å². The molecular weight excluding hydrogens is 345 g/mol. The quantitative estimate of drug-likeness (QED) is 0.444. The van der Waals surface area contributed by atoms with Crippen LogP contribution < -0.4 is 0 Å². The lowest BCUT2D eigenvalue weighted by Crippen LogP contribution is -2.12. The monoisotopic (exact) mass is 356 g/mol. The van der Waals surface area contributed by atoms with E-state index in [4.69, 9.17) is 16.3 Å². The lowest BCUT2D eigenvalue weighted by Gasteiger charge is -2.09. The molecule has 0 radical (unpaired) electrons. The van der Waals surface area contributed by atoms with Crippen molar-refractivity contribution in [2.75, 3.05) is 0 Å². The second kappa shape index (κ2) is 7.49. The van der Waals surface area contributed by atoms with Gasteiger partial charge in [-0.05, 0) is 42.0 Å². The summed E-state index contributed by atoms with van der Waals surface area (Å²) in [6.45, 7) is -0.337. The summed E-state index contributed by atoms with van der Waals surface area (Å²) in [6.07, 6.45) is -4.97. The van der Waals surface area contributed by atoms with E-state index in [0.29, 0.717) is 10.6 Å². The number of hydrogen-bond donors (Lipinski definition) is 0. The van der Waals surface area contributed by atoms with E-state index in [1.165, 1.54) is 36.4 Å². The van der Waals surface area contributed by atoms with Crippen molar-refractivity contribution in [3.63, 3.8) is 0 Å². The number of Topliss-reactive ketones (excluding diaryl/α,β-unsaturated/α-hetero) is 1. The third kappa shape index (κ3) is 5.09. The molecule has 0 amide bonds. The number of carbonyl (C=O) groups is 2. The maximum Gasteiger partial charge on any atom is 0.416 e. The molecule has 0 N–H and O–H groups in total. The van der Waals surface area contributed by atoms with Crippen LogP contribution in [0, 0.1) is 0 Å². The highest BCUT2D eigenvalue weighted by Gasteiger charge is 2.30. The number of hydrogen-bond acceptors (Lipinski definition) is 3. The molecule has 3 nitrogen and oxygen atoms in total. The van der Waals surface area contributed by atoms with E-state index < -0.39 is 29.9 Å². The normalized spacial score (nSPS) is 11.2. The van der Waals surface area contributed by atoms with Crippen LogP contribution in [0.25, 0.3) is 0 Å². The van der Waals surface area contributed by atoms with Crippen molar-refractivity contribution < 1.29 is 27.5 Å². The van der Waals surface area contributed by atoms with Crippen molar-refractivity contribution in [3.8, 4) is 0 Å². The number of carbonyl (C=O) groups excluding carboxylic acids is 2. The van der Waals surface area contributed by atoms with Crippen LogP contribution in [-0.4, -0.2) is 11.8 Å². The molecule has 2 aromatic carbocycles. The summed E-state index contributed by atoms with van der Waals surface area (Å²) in [6, 6.07) is 10.4. The Bertz CT molecular complexity index is 739. The number of ketones is 1. The highest BCUT2D eigenvalue weighted by molar-refractivity contribution is 6.30. The van der Waals surface area contributed by atoms with Crippen LogP contribution in [0.5, 0.6) is 0 Å². The minimum atomic E-state index is -4.47. The van der Waals surface area contributed by atoms with Gasteiger partial charge in [-0.3, -0.25) is 9.59 Å². The minimum Gasteiger partial charge on any atom is -0.460 e. The van der Waals surface area contributed by atoms with Gasteiger partial charge in [0.05, 0.1) is 5.56 Å². The van der Waals surface area contributed by atoms with Crippen LogP contribution in [0.3, 0.4) is 0 Å². The molecule has 24 heavy (non-hydrogen) atoms. The molecule has 0 heterocycles. The molecule has 0 aliphatic heterocycles. The van der Waals surface area contributed by atoms with Crippen LogP contribution in [0.2, 0.25) is 5.02 Å². The van der Waals surface area contributed by atoms with E-state index in [0.717, 1.165) is 12.1 Å². The Kier molecular flexibility index (Phi) is 5.62. The molecule has 0 spiro atoms. The molecule has 0 atom stereocenters. The summed E-state index contributed by atoms with van der Waals surface area (Å²) in [5, 5.41) is 0.457. The fraction of sp³-hybridized carbons (Fsp3) is 0.176. The predicted octanol–water partition coefficient (Wildman–Crippen LogP) is 4.68. The number of rotatable bonds is 5. The molecule has 0 saturated heterocycles. The molecule has 0 aromatic heterocycles. The number of alkyl halides is 3. The maximum atomic E-state index is 12.6. The van der Waals surface area contributed by atoms with E-state index >= 15 is 0 Å². The Morgan fingerprint density at radius 2 is 1.71 bits per heavy atom. The number of esters is 1. The van der Waals surface area contributed by atoms with Gasteiger partial charge in [0, 0.05) is 10.6 Å². The van der Waals surface area contributed by atoms with E-state index in [9.17, 15) is 22.8 Å². The van der Waals surface area contributed by atoms with Gasteiger partial charge < -0.3 is 4.74 Å². The molecule has 126 valence electrons. The van der Waals surface area contributed by atoms with Gasteiger partial charge in [-0.15, -0.1) is 0 Å². The van der Waals surface area contributed by atoms with Gasteiger partial charge in [0.2, 0.25) is 0 Å². The Labute approximate surface area is 141 Å². The van der Waals surface area contributed by atoms with Gasteiger partial charge in [0.25, 0.3) is 0 Å². The summed E-state index contributed by atoms with van der Waals surface area (Å²) in [5.74, 6) is -1.27. The van der Waals surface area contributed by atoms with Crippen LogP contribution in [0.15, 0.2) is 48.5 Å². The molecule has 2 rings (SSSR count). The van der Waals surface area contributed by atoms with Crippen molar-refractivity contribution in [2.24, 2.45) is 0 Å². The van der Waals surface area contributed by atoms with Gasteiger partial charge in [-0.2, -0.15) is 13.2 Å². The van der Waals surface area contributed by atoms with Crippen molar-refractivity contribution in [1.29, 1.82) is 0 Å². The smallest absolute Gasteiger partial charge is 0.416 e. The van der Waals surface area contributed by atoms with Crippen LogP contribution in [0.1, 0.15) is 27.9 Å². The SMILES string of the molecule is O=C(CC(=O)c1ccc(Cl)cc1)OCc1cccc(C(F)(F)F)c1. The van der Waals surface area contributed by atoms with Crippen molar-refractivity contribution in [1.82, 2.24) is 0 Å². The molecule has 0 aliphatic rings. The maximum absolute atomic E-state index is 12.6. The predicted molar refractivity (Wildman–Crippen MR) is 81.6 cm³/mol. The van der Waals surface area contributed by atoms with E-state index in [-0.39, 0.29) is 12.2 Å². The zero-order valence-electron chi connectivity index (χ0n) is 12.3. The zero-order valence-corrected chi connectivity index (χ0v) is 13.0. The largest absolute Gasteiger partial charge is 0.460 e. The summed E-state index contributed by atoms with van der Waals surface area (Å²) in [5.41, 5.74) is -0.333. The average molecular weight is 357 g/mol. The summed E-state index contributed by atoms with van der Waals surface area (Å²) in [4.78, 5) is 23.5. The molecule has 0 bridgehead atoms. The van der Waals surface area contributed by atoms with Crippen molar-refractivity contribution >= 4 is 23.4 Å². The van der Waals surface area contributed by atoms with Gasteiger partial charge in [0.1, 0.15) is 13.0 Å². The number of halogens is 4. The van der Waals surface area contributed by atoms with E-state index in [1.54, 1.807) is 0 Å². The lowest BCUT2D eigenvalue weighted by molar-refractivity contribution is -0.143. The van der Waals surface area contributed by atoms with Crippen molar-refractivity contribution in [2.45, 2.75) is 19.2 Å². The first kappa shape index (κ1) is 18.0. The summed E-state index contributed by atoms with van der Waals surface area (Å²) >= 11 is 5.70. The summed E-state index contributed by atoms with van der Waals surface area (Å²) < 4.78 is 42.6. The van der Waals surface area contributed by atoms with Gasteiger partial charge in [-0.25, -0.2) is 0 Å². The molecule has 0 aliphatic carbocycles. The first-order valence-electron chi connectivity index (χ1n) is 6.86. The van der Waals surface area contributed by atoms with Gasteiger partial charge in [-0.1, -0.05) is 23.7 Å². The Morgan fingerprint density at radius 1 is 1.04 bits per heavy atom. The van der Waals surface area contributed by atoms with Crippen molar-refractivity contribution in [3.05, 3.63) is 70.2 Å². The molecule has 7 heteroatoms. The Morgan fingerprint density at radius 3 is 2.33 bits per heavy atom. The third-order valence-corrected chi connectivity index (χ3v) is 3.38. The Hall–Kier alpha value is -2.34. The third-order valence-electron chi connectivity index (χ3n) is 3.13. The fourth-order valence-corrected chi connectivity index (χ4v) is 2.05. The minimum absolute atomic E-state index is 0.192. The number of benzene rings is 2. The standard InChI is InChI=1S/C17H12ClF3O3/c18-14-6-4-12(5-7-14)15(22)9-16(23)24-10-11-2-1-3-13(8-11)17(19,20)21/h1-8H,9-10H2. The van der Waals surface area contributed by atoms with Crippen LogP contribution in [-0.2, 0) is 22.3 Å². The first-order chi connectivity index (χ1) is 11.3. The molecule has 2 aromatic rings. The fourth-order valence-electron chi connectivity index (χ4n) is 1.92. The van der Waals surface area contributed by atoms with Gasteiger partial charge in [0.15, 0.2) is 5.78 Å². The van der Waals surface area contributed by atoms with E-state index in [1.807, 2.05) is 0 Å². The molecule has 0 unspecified atom stereocenters. The average Bonchev–Trinajstić information content (AvgIpc) is 2.53. The molecular formula is C17H12ClF3O3. The lowest BCUT2D eigenvalue weighted by atomic mass is 10.1. The second-order valence-electron chi connectivity index (χ2n) is 4.97. The summed E-state index contributed by atoms with van der Waals surface area (Å²) in [7, 11) is 0. The highest BCUT2D eigenvalue weighted by atomic mass is 35.5. The topological polar surface area (TPSA) is 43.4 Å². The zero-order chi connectivity index (χ0) is 17.7. The Balaban J connectivity index is 1.91. The first-order valence-corrected chi connectivity index (χ1v) is 7.24. The molecule has 0 saturated carbocycles. The highest BCUT2D eigenvalue weighted by Crippen LogP contribution is 2.29. The second-order valence-corrected chi connectivity index (χ2v) is 5.40. The van der Waals surface area contributed by atoms with Gasteiger partial charge >= 0.3 is 12.1 Å². The number of ether oxygens (including phenoxy) is 1.